The van der Waals surface area contributed by atoms with Crippen LogP contribution in [0.3, 0.4) is 0 Å². The molecule has 4 nitrogen and oxygen atoms in total. The van der Waals surface area contributed by atoms with E-state index in [0.29, 0.717) is 27.7 Å². The fourth-order valence-corrected chi connectivity index (χ4v) is 1.92. The number of benzene rings is 1. The van der Waals surface area contributed by atoms with Gasteiger partial charge in [-0.1, -0.05) is 29.8 Å². The van der Waals surface area contributed by atoms with Gasteiger partial charge >= 0.3 is 0 Å². The summed E-state index contributed by atoms with van der Waals surface area (Å²) in [6, 6.07) is 5.78. The van der Waals surface area contributed by atoms with Crippen molar-refractivity contribution >= 4 is 21.7 Å². The maximum atomic E-state index is 13.3. The van der Waals surface area contributed by atoms with Crippen molar-refractivity contribution in [3.05, 3.63) is 40.4 Å². The lowest BCUT2D eigenvalue weighted by Crippen LogP contribution is -2.03. The van der Waals surface area contributed by atoms with E-state index in [4.69, 9.17) is 10.5 Å². The SMILES string of the molecule is CC(C)c1nc(N)cc(Oc2cc(F)cc(Br)c2)n1. The predicted octanol–water partition coefficient (Wildman–Crippen LogP) is 3.88. The normalized spacial score (nSPS) is 10.8. The van der Waals surface area contributed by atoms with Gasteiger partial charge in [-0.3, -0.25) is 0 Å². The van der Waals surface area contributed by atoms with Crippen LogP contribution in [0.5, 0.6) is 11.6 Å². The Morgan fingerprint density at radius 2 is 1.95 bits per heavy atom. The van der Waals surface area contributed by atoms with E-state index in [1.54, 1.807) is 6.07 Å². The van der Waals surface area contributed by atoms with E-state index >= 15 is 0 Å². The summed E-state index contributed by atoms with van der Waals surface area (Å²) < 4.78 is 19.4. The number of nitrogens with zero attached hydrogens (tertiary/aromatic N) is 2. The highest BCUT2D eigenvalue weighted by Crippen LogP contribution is 2.26. The highest BCUT2D eigenvalue weighted by atomic mass is 79.9. The number of rotatable bonds is 3. The van der Waals surface area contributed by atoms with Gasteiger partial charge in [0, 0.05) is 22.5 Å². The van der Waals surface area contributed by atoms with E-state index in [-0.39, 0.29) is 5.92 Å². The number of anilines is 1. The highest BCUT2D eigenvalue weighted by molar-refractivity contribution is 9.10. The van der Waals surface area contributed by atoms with Crippen LogP contribution >= 0.6 is 15.9 Å². The third kappa shape index (κ3) is 3.64. The van der Waals surface area contributed by atoms with Crippen molar-refractivity contribution < 1.29 is 9.13 Å². The minimum atomic E-state index is -0.393. The van der Waals surface area contributed by atoms with Crippen LogP contribution in [0, 0.1) is 5.82 Å². The van der Waals surface area contributed by atoms with Crippen molar-refractivity contribution in [3.8, 4) is 11.6 Å². The van der Waals surface area contributed by atoms with Crippen molar-refractivity contribution in [1.82, 2.24) is 9.97 Å². The molecule has 0 saturated heterocycles. The number of aromatic nitrogens is 2. The molecule has 19 heavy (non-hydrogen) atoms. The number of hydrogen-bond acceptors (Lipinski definition) is 4. The highest BCUT2D eigenvalue weighted by Gasteiger charge is 2.09. The zero-order valence-electron chi connectivity index (χ0n) is 10.5. The predicted molar refractivity (Wildman–Crippen MR) is 74.7 cm³/mol. The maximum absolute atomic E-state index is 13.3. The topological polar surface area (TPSA) is 61.0 Å². The summed E-state index contributed by atoms with van der Waals surface area (Å²) in [5, 5.41) is 0. The average molecular weight is 326 g/mol. The molecule has 2 N–H and O–H groups in total. The van der Waals surface area contributed by atoms with E-state index < -0.39 is 5.82 Å². The van der Waals surface area contributed by atoms with E-state index in [2.05, 4.69) is 25.9 Å². The number of halogens is 2. The summed E-state index contributed by atoms with van der Waals surface area (Å²) >= 11 is 3.20. The first kappa shape index (κ1) is 13.7. The molecule has 0 spiro atoms. The van der Waals surface area contributed by atoms with Gasteiger partial charge in [0.1, 0.15) is 23.2 Å². The zero-order valence-corrected chi connectivity index (χ0v) is 12.1. The monoisotopic (exact) mass is 325 g/mol. The minimum absolute atomic E-state index is 0.130. The van der Waals surface area contributed by atoms with E-state index in [1.807, 2.05) is 13.8 Å². The molecule has 0 saturated carbocycles. The molecule has 0 radical (unpaired) electrons. The summed E-state index contributed by atoms with van der Waals surface area (Å²) in [6.45, 7) is 3.91. The van der Waals surface area contributed by atoms with Crippen LogP contribution in [0.25, 0.3) is 0 Å². The molecule has 0 aliphatic carbocycles. The number of nitrogen functional groups attached to an aromatic ring is 1. The quantitative estimate of drug-likeness (QED) is 0.930. The molecule has 0 bridgehead atoms. The second-order valence-corrected chi connectivity index (χ2v) is 5.27. The van der Waals surface area contributed by atoms with Crippen molar-refractivity contribution in [3.63, 3.8) is 0 Å². The molecule has 6 heteroatoms. The second-order valence-electron chi connectivity index (χ2n) is 4.35. The van der Waals surface area contributed by atoms with Gasteiger partial charge in [-0.25, -0.2) is 9.37 Å². The lowest BCUT2D eigenvalue weighted by atomic mass is 10.2. The molecule has 1 aromatic heterocycles. The summed E-state index contributed by atoms with van der Waals surface area (Å²) in [5.41, 5.74) is 5.70. The van der Waals surface area contributed by atoms with Crippen molar-refractivity contribution in [2.24, 2.45) is 0 Å². The number of nitrogens with two attached hydrogens (primary N) is 1. The van der Waals surface area contributed by atoms with Crippen LogP contribution < -0.4 is 10.5 Å². The van der Waals surface area contributed by atoms with Gasteiger partial charge in [0.15, 0.2) is 0 Å². The third-order valence-corrected chi connectivity index (χ3v) is 2.77. The molecule has 0 aliphatic heterocycles. The van der Waals surface area contributed by atoms with Gasteiger partial charge in [-0.15, -0.1) is 0 Å². The first-order valence-electron chi connectivity index (χ1n) is 5.72. The summed E-state index contributed by atoms with van der Waals surface area (Å²) in [6.07, 6.45) is 0. The molecule has 0 fully saturated rings. The van der Waals surface area contributed by atoms with Crippen LogP contribution in [-0.4, -0.2) is 9.97 Å². The van der Waals surface area contributed by atoms with Gasteiger partial charge in [0.25, 0.3) is 0 Å². The summed E-state index contributed by atoms with van der Waals surface area (Å²) in [4.78, 5) is 8.35. The summed E-state index contributed by atoms with van der Waals surface area (Å²) in [7, 11) is 0. The fourth-order valence-electron chi connectivity index (χ4n) is 1.48. The van der Waals surface area contributed by atoms with E-state index in [0.717, 1.165) is 0 Å². The van der Waals surface area contributed by atoms with Crippen molar-refractivity contribution in [2.45, 2.75) is 19.8 Å². The fraction of sp³-hybridized carbons (Fsp3) is 0.231. The molecule has 100 valence electrons. The van der Waals surface area contributed by atoms with Crippen LogP contribution in [0.1, 0.15) is 25.6 Å². The van der Waals surface area contributed by atoms with E-state index in [9.17, 15) is 4.39 Å². The Hall–Kier alpha value is -1.69. The first-order valence-corrected chi connectivity index (χ1v) is 6.52. The average Bonchev–Trinajstić information content (AvgIpc) is 2.26. The lowest BCUT2D eigenvalue weighted by Gasteiger charge is -2.09. The Morgan fingerprint density at radius 1 is 1.21 bits per heavy atom. The molecule has 2 rings (SSSR count). The third-order valence-electron chi connectivity index (χ3n) is 2.31. The molecule has 2 aromatic rings. The Morgan fingerprint density at radius 3 is 2.58 bits per heavy atom. The number of ether oxygens (including phenoxy) is 1. The Bertz CT molecular complexity index is 584. The van der Waals surface area contributed by atoms with E-state index in [1.165, 1.54) is 18.2 Å². The minimum Gasteiger partial charge on any atom is -0.439 e. The van der Waals surface area contributed by atoms with Gasteiger partial charge in [-0.2, -0.15) is 4.98 Å². The van der Waals surface area contributed by atoms with Gasteiger partial charge in [0.2, 0.25) is 5.88 Å². The van der Waals surface area contributed by atoms with Crippen molar-refractivity contribution in [1.29, 1.82) is 0 Å². The smallest absolute Gasteiger partial charge is 0.224 e. The van der Waals surface area contributed by atoms with Gasteiger partial charge in [0.05, 0.1) is 0 Å². The van der Waals surface area contributed by atoms with Crippen LogP contribution in [0.4, 0.5) is 10.2 Å². The van der Waals surface area contributed by atoms with Crippen LogP contribution in [0.2, 0.25) is 0 Å². The maximum Gasteiger partial charge on any atom is 0.224 e. The molecule has 1 heterocycles. The largest absolute Gasteiger partial charge is 0.439 e. The first-order chi connectivity index (χ1) is 8.94. The molecular formula is C13H13BrFN3O. The van der Waals surface area contributed by atoms with Gasteiger partial charge in [-0.05, 0) is 12.1 Å². The summed E-state index contributed by atoms with van der Waals surface area (Å²) in [5.74, 6) is 1.30. The standard InChI is InChI=1S/C13H13BrFN3O/c1-7(2)13-17-11(16)6-12(18-13)19-10-4-8(14)3-9(15)5-10/h3-7H,1-2H3,(H2,16,17,18). The zero-order chi connectivity index (χ0) is 14.0. The van der Waals surface area contributed by atoms with Gasteiger partial charge < -0.3 is 10.5 Å². The Kier molecular flexibility index (Phi) is 3.99. The van der Waals surface area contributed by atoms with Crippen LogP contribution in [0.15, 0.2) is 28.7 Å². The molecule has 0 atom stereocenters. The second kappa shape index (κ2) is 5.52. The molecule has 0 aliphatic rings. The molecule has 0 unspecified atom stereocenters. The molecular weight excluding hydrogens is 313 g/mol. The van der Waals surface area contributed by atoms with Crippen molar-refractivity contribution in [2.75, 3.05) is 5.73 Å². The lowest BCUT2D eigenvalue weighted by molar-refractivity contribution is 0.452. The van der Waals surface area contributed by atoms with Crippen LogP contribution in [-0.2, 0) is 0 Å². The number of hydrogen-bond donors (Lipinski definition) is 1. The molecule has 1 aromatic carbocycles. The molecule has 0 amide bonds. The Balaban J connectivity index is 2.32. The Labute approximate surface area is 119 Å².